The van der Waals surface area contributed by atoms with Crippen LogP contribution >= 0.6 is 0 Å². The SMILES string of the molecule is COc1cccc(CNC(=O)c2cc3c4c(nccc4c2)NC3)c1. The van der Waals surface area contributed by atoms with Crippen molar-refractivity contribution < 1.29 is 9.53 Å². The zero-order valence-corrected chi connectivity index (χ0v) is 13.3. The Kier molecular flexibility index (Phi) is 3.54. The van der Waals surface area contributed by atoms with Gasteiger partial charge in [-0.3, -0.25) is 4.79 Å². The largest absolute Gasteiger partial charge is 0.497 e. The first-order valence-corrected chi connectivity index (χ1v) is 7.81. The molecule has 4 rings (SSSR count). The molecule has 0 spiro atoms. The number of rotatable bonds is 4. The summed E-state index contributed by atoms with van der Waals surface area (Å²) in [5.74, 6) is 1.60. The lowest BCUT2D eigenvalue weighted by atomic mass is 10.0. The summed E-state index contributed by atoms with van der Waals surface area (Å²) in [6.07, 6.45) is 1.76. The molecule has 120 valence electrons. The number of aromatic nitrogens is 1. The number of amides is 1. The van der Waals surface area contributed by atoms with Crippen molar-refractivity contribution in [1.29, 1.82) is 0 Å². The number of ether oxygens (including phenoxy) is 1. The van der Waals surface area contributed by atoms with Crippen LogP contribution in [0.3, 0.4) is 0 Å². The van der Waals surface area contributed by atoms with Crippen LogP contribution in [-0.4, -0.2) is 18.0 Å². The highest BCUT2D eigenvalue weighted by atomic mass is 16.5. The minimum absolute atomic E-state index is 0.0822. The molecule has 0 unspecified atom stereocenters. The lowest BCUT2D eigenvalue weighted by Crippen LogP contribution is -2.22. The monoisotopic (exact) mass is 319 g/mol. The predicted molar refractivity (Wildman–Crippen MR) is 93.2 cm³/mol. The minimum Gasteiger partial charge on any atom is -0.497 e. The molecule has 1 aliphatic rings. The van der Waals surface area contributed by atoms with Crippen molar-refractivity contribution in [2.45, 2.75) is 13.1 Å². The predicted octanol–water partition coefficient (Wildman–Crippen LogP) is 3.10. The maximum absolute atomic E-state index is 12.5. The Hall–Kier alpha value is -3.08. The molecule has 24 heavy (non-hydrogen) atoms. The van der Waals surface area contributed by atoms with Crippen LogP contribution in [0.5, 0.6) is 5.75 Å². The third kappa shape index (κ3) is 2.54. The van der Waals surface area contributed by atoms with E-state index < -0.39 is 0 Å². The molecule has 2 N–H and O–H groups in total. The van der Waals surface area contributed by atoms with Crippen molar-refractivity contribution >= 4 is 22.5 Å². The Morgan fingerprint density at radius 3 is 3.08 bits per heavy atom. The Labute approximate surface area is 139 Å². The van der Waals surface area contributed by atoms with Gasteiger partial charge < -0.3 is 15.4 Å². The molecule has 0 saturated heterocycles. The van der Waals surface area contributed by atoms with E-state index in [0.717, 1.165) is 33.5 Å². The molecule has 2 heterocycles. The molecular formula is C19H17N3O2. The lowest BCUT2D eigenvalue weighted by Gasteiger charge is -2.08. The van der Waals surface area contributed by atoms with Gasteiger partial charge in [-0.1, -0.05) is 12.1 Å². The van der Waals surface area contributed by atoms with E-state index in [9.17, 15) is 4.79 Å². The summed E-state index contributed by atoms with van der Waals surface area (Å²) >= 11 is 0. The summed E-state index contributed by atoms with van der Waals surface area (Å²) in [4.78, 5) is 16.8. The molecule has 0 atom stereocenters. The van der Waals surface area contributed by atoms with Crippen molar-refractivity contribution in [3.63, 3.8) is 0 Å². The summed E-state index contributed by atoms with van der Waals surface area (Å²) in [6.45, 7) is 1.17. The highest BCUT2D eigenvalue weighted by molar-refractivity contribution is 6.03. The second-order valence-corrected chi connectivity index (χ2v) is 5.78. The number of nitrogens with zero attached hydrogens (tertiary/aromatic N) is 1. The van der Waals surface area contributed by atoms with Gasteiger partial charge in [-0.15, -0.1) is 0 Å². The van der Waals surface area contributed by atoms with Gasteiger partial charge in [0.25, 0.3) is 5.91 Å². The third-order valence-electron chi connectivity index (χ3n) is 4.24. The van der Waals surface area contributed by atoms with Gasteiger partial charge in [-0.25, -0.2) is 4.98 Å². The fourth-order valence-corrected chi connectivity index (χ4v) is 3.05. The van der Waals surface area contributed by atoms with Gasteiger partial charge >= 0.3 is 0 Å². The number of anilines is 1. The van der Waals surface area contributed by atoms with E-state index in [1.165, 1.54) is 0 Å². The summed E-state index contributed by atoms with van der Waals surface area (Å²) in [5, 5.41) is 8.37. The van der Waals surface area contributed by atoms with Gasteiger partial charge in [0.2, 0.25) is 0 Å². The number of carbonyl (C=O) groups excluding carboxylic acids is 1. The van der Waals surface area contributed by atoms with Crippen LogP contribution in [0, 0.1) is 0 Å². The van der Waals surface area contributed by atoms with Crippen LogP contribution in [0.4, 0.5) is 5.82 Å². The highest BCUT2D eigenvalue weighted by Gasteiger charge is 2.17. The molecule has 5 nitrogen and oxygen atoms in total. The second kappa shape index (κ2) is 5.85. The average molecular weight is 319 g/mol. The Bertz CT molecular complexity index is 937. The molecule has 5 heteroatoms. The Morgan fingerprint density at radius 1 is 1.29 bits per heavy atom. The van der Waals surface area contributed by atoms with E-state index in [2.05, 4.69) is 15.6 Å². The molecule has 0 saturated carbocycles. The van der Waals surface area contributed by atoms with Crippen molar-refractivity contribution in [3.05, 3.63) is 65.4 Å². The molecule has 1 amide bonds. The van der Waals surface area contributed by atoms with Crippen molar-refractivity contribution in [3.8, 4) is 5.75 Å². The van der Waals surface area contributed by atoms with Gasteiger partial charge in [0.1, 0.15) is 11.6 Å². The standard InChI is InChI=1S/C19H17N3O2/c1-24-16-4-2-3-12(7-16)10-22-19(23)14-8-13-5-6-20-18-17(13)15(9-14)11-21-18/h2-9H,10-11H2,1H3,(H,20,21)(H,22,23). The number of methoxy groups -OCH3 is 1. The van der Waals surface area contributed by atoms with E-state index in [0.29, 0.717) is 18.7 Å². The number of carbonyl (C=O) groups is 1. The van der Waals surface area contributed by atoms with E-state index >= 15 is 0 Å². The number of nitrogens with one attached hydrogen (secondary N) is 2. The first-order chi connectivity index (χ1) is 11.7. The molecule has 1 aromatic heterocycles. The van der Waals surface area contributed by atoms with E-state index in [-0.39, 0.29) is 5.91 Å². The number of hydrogen-bond acceptors (Lipinski definition) is 4. The van der Waals surface area contributed by atoms with Crippen LogP contribution in [0.1, 0.15) is 21.5 Å². The molecular weight excluding hydrogens is 302 g/mol. The summed E-state index contributed by atoms with van der Waals surface area (Å²) < 4.78 is 5.20. The number of pyridine rings is 1. The van der Waals surface area contributed by atoms with Gasteiger partial charge in [-0.2, -0.15) is 0 Å². The van der Waals surface area contributed by atoms with Gasteiger partial charge in [0.05, 0.1) is 7.11 Å². The first-order valence-electron chi connectivity index (χ1n) is 7.81. The molecule has 3 aromatic rings. The highest BCUT2D eigenvalue weighted by Crippen LogP contribution is 2.32. The van der Waals surface area contributed by atoms with E-state index in [1.807, 2.05) is 42.5 Å². The first kappa shape index (κ1) is 14.5. The second-order valence-electron chi connectivity index (χ2n) is 5.78. The number of benzene rings is 2. The van der Waals surface area contributed by atoms with Crippen LogP contribution in [0.25, 0.3) is 10.8 Å². The fourth-order valence-electron chi connectivity index (χ4n) is 3.05. The van der Waals surface area contributed by atoms with Crippen LogP contribution in [0.2, 0.25) is 0 Å². The molecule has 0 bridgehead atoms. The van der Waals surface area contributed by atoms with Crippen molar-refractivity contribution in [2.24, 2.45) is 0 Å². The van der Waals surface area contributed by atoms with Crippen LogP contribution < -0.4 is 15.4 Å². The maximum atomic E-state index is 12.5. The lowest BCUT2D eigenvalue weighted by molar-refractivity contribution is 0.0951. The van der Waals surface area contributed by atoms with E-state index in [4.69, 9.17) is 4.74 Å². The van der Waals surface area contributed by atoms with Gasteiger partial charge in [0.15, 0.2) is 0 Å². The van der Waals surface area contributed by atoms with Crippen LogP contribution in [0.15, 0.2) is 48.7 Å². The van der Waals surface area contributed by atoms with Crippen molar-refractivity contribution in [2.75, 3.05) is 12.4 Å². The zero-order valence-electron chi connectivity index (χ0n) is 13.3. The van der Waals surface area contributed by atoms with Crippen LogP contribution in [-0.2, 0) is 13.1 Å². The van der Waals surface area contributed by atoms with Gasteiger partial charge in [0, 0.05) is 30.2 Å². The maximum Gasteiger partial charge on any atom is 0.251 e. The normalized spacial score (nSPS) is 12.0. The van der Waals surface area contributed by atoms with E-state index in [1.54, 1.807) is 13.3 Å². The quantitative estimate of drug-likeness (QED) is 0.775. The topological polar surface area (TPSA) is 63.2 Å². The van der Waals surface area contributed by atoms with Crippen molar-refractivity contribution in [1.82, 2.24) is 10.3 Å². The Balaban J connectivity index is 1.56. The smallest absolute Gasteiger partial charge is 0.251 e. The zero-order chi connectivity index (χ0) is 16.5. The van der Waals surface area contributed by atoms with Gasteiger partial charge in [-0.05, 0) is 46.8 Å². The molecule has 0 fully saturated rings. The molecule has 1 aliphatic heterocycles. The summed E-state index contributed by atoms with van der Waals surface area (Å²) in [7, 11) is 1.63. The fraction of sp³-hybridized carbons (Fsp3) is 0.158. The molecule has 0 aliphatic carbocycles. The molecule has 0 radical (unpaired) electrons. The summed E-state index contributed by atoms with van der Waals surface area (Å²) in [5.41, 5.74) is 2.78. The third-order valence-corrected chi connectivity index (χ3v) is 4.24. The average Bonchev–Trinajstić information content (AvgIpc) is 3.04. The minimum atomic E-state index is -0.0822. The Morgan fingerprint density at radius 2 is 2.21 bits per heavy atom. The molecule has 2 aromatic carbocycles. The number of hydrogen-bond donors (Lipinski definition) is 2. The summed E-state index contributed by atoms with van der Waals surface area (Å²) in [6, 6.07) is 13.5.